The Bertz CT molecular complexity index is 600. The van der Waals surface area contributed by atoms with E-state index < -0.39 is 21.3 Å². The molecule has 1 aromatic rings. The zero-order chi connectivity index (χ0) is 15.5. The summed E-state index contributed by atoms with van der Waals surface area (Å²) in [5.41, 5.74) is 1.02. The fourth-order valence-electron chi connectivity index (χ4n) is 2.27. The molecular weight excluding hydrogens is 314 g/mol. The zero-order valence-electron chi connectivity index (χ0n) is 11.7. The summed E-state index contributed by atoms with van der Waals surface area (Å²) in [4.78, 5) is 11.9. The van der Waals surface area contributed by atoms with Crippen molar-refractivity contribution < 1.29 is 17.9 Å². The van der Waals surface area contributed by atoms with Crippen LogP contribution in [0.15, 0.2) is 24.3 Å². The molecule has 1 amide bonds. The Morgan fingerprint density at radius 1 is 1.33 bits per heavy atom. The Morgan fingerprint density at radius 3 is 2.52 bits per heavy atom. The van der Waals surface area contributed by atoms with E-state index in [-0.39, 0.29) is 17.4 Å². The first-order valence-electron chi connectivity index (χ1n) is 6.66. The van der Waals surface area contributed by atoms with E-state index in [1.165, 1.54) is 0 Å². The summed E-state index contributed by atoms with van der Waals surface area (Å²) < 4.78 is 27.9. The lowest BCUT2D eigenvalue weighted by Gasteiger charge is -2.14. The minimum atomic E-state index is -3.13. The standard InChI is InChI=1S/C14H18ClNO4S/c1-20-11-5-2-10(3-6-11)4-7-14(17)16-13-9-21(18,19)8-12(13)15/h2-3,5-6,12-13H,4,7-9H2,1H3,(H,16,17). The van der Waals surface area contributed by atoms with Gasteiger partial charge >= 0.3 is 0 Å². The number of nitrogens with one attached hydrogen (secondary N) is 1. The van der Waals surface area contributed by atoms with Crippen LogP contribution in [0.3, 0.4) is 0 Å². The van der Waals surface area contributed by atoms with Crippen LogP contribution in [-0.4, -0.2) is 44.4 Å². The van der Waals surface area contributed by atoms with Crippen molar-refractivity contribution in [1.29, 1.82) is 0 Å². The first kappa shape index (κ1) is 16.1. The predicted molar refractivity (Wildman–Crippen MR) is 81.5 cm³/mol. The third kappa shape index (κ3) is 4.61. The number of hydrogen-bond acceptors (Lipinski definition) is 4. The van der Waals surface area contributed by atoms with Gasteiger partial charge in [0.2, 0.25) is 5.91 Å². The number of methoxy groups -OCH3 is 1. The molecule has 0 spiro atoms. The molecule has 1 heterocycles. The number of ether oxygens (including phenoxy) is 1. The minimum Gasteiger partial charge on any atom is -0.497 e. The molecular formula is C14H18ClNO4S. The fraction of sp³-hybridized carbons (Fsp3) is 0.500. The number of benzene rings is 1. The Hall–Kier alpha value is -1.27. The summed E-state index contributed by atoms with van der Waals surface area (Å²) >= 11 is 5.95. The van der Waals surface area contributed by atoms with Gasteiger partial charge in [0.15, 0.2) is 9.84 Å². The van der Waals surface area contributed by atoms with Crippen LogP contribution < -0.4 is 10.1 Å². The van der Waals surface area contributed by atoms with Crippen molar-refractivity contribution in [3.63, 3.8) is 0 Å². The number of rotatable bonds is 5. The number of hydrogen-bond donors (Lipinski definition) is 1. The summed E-state index contributed by atoms with van der Waals surface area (Å²) in [5, 5.41) is 2.16. The molecule has 1 N–H and O–H groups in total. The lowest BCUT2D eigenvalue weighted by atomic mass is 10.1. The Balaban J connectivity index is 1.82. The first-order chi connectivity index (χ1) is 9.89. The van der Waals surface area contributed by atoms with Crippen LogP contribution >= 0.6 is 11.6 Å². The topological polar surface area (TPSA) is 72.5 Å². The van der Waals surface area contributed by atoms with Crippen LogP contribution in [0.4, 0.5) is 0 Å². The van der Waals surface area contributed by atoms with E-state index in [9.17, 15) is 13.2 Å². The van der Waals surface area contributed by atoms with Gasteiger partial charge in [-0.1, -0.05) is 12.1 Å². The summed E-state index contributed by atoms with van der Waals surface area (Å²) in [6, 6.07) is 6.99. The molecule has 0 aliphatic carbocycles. The van der Waals surface area contributed by atoms with Crippen molar-refractivity contribution in [3.8, 4) is 5.75 Å². The van der Waals surface area contributed by atoms with Gasteiger partial charge in [0.1, 0.15) is 5.75 Å². The molecule has 1 aromatic carbocycles. The number of amides is 1. The molecule has 2 rings (SSSR count). The molecule has 1 aliphatic heterocycles. The lowest BCUT2D eigenvalue weighted by Crippen LogP contribution is -2.40. The van der Waals surface area contributed by atoms with Gasteiger partial charge in [0, 0.05) is 6.42 Å². The second-order valence-electron chi connectivity index (χ2n) is 5.11. The molecule has 1 saturated heterocycles. The Kier molecular flexibility index (Phi) is 5.11. The van der Waals surface area contributed by atoms with E-state index in [0.717, 1.165) is 11.3 Å². The number of alkyl halides is 1. The van der Waals surface area contributed by atoms with Crippen molar-refractivity contribution >= 4 is 27.3 Å². The van der Waals surface area contributed by atoms with Crippen LogP contribution in [0, 0.1) is 0 Å². The fourth-order valence-corrected chi connectivity index (χ4v) is 4.82. The third-order valence-corrected chi connectivity index (χ3v) is 5.80. The predicted octanol–water partition coefficient (Wildman–Crippen LogP) is 1.15. The van der Waals surface area contributed by atoms with Gasteiger partial charge in [0.25, 0.3) is 0 Å². The van der Waals surface area contributed by atoms with Gasteiger partial charge in [0.05, 0.1) is 30.0 Å². The summed E-state index contributed by atoms with van der Waals surface area (Å²) in [5.74, 6) is 0.441. The molecule has 0 saturated carbocycles. The van der Waals surface area contributed by atoms with E-state index in [1.54, 1.807) is 7.11 Å². The van der Waals surface area contributed by atoms with Crippen molar-refractivity contribution in [1.82, 2.24) is 5.32 Å². The molecule has 1 aliphatic rings. The van der Waals surface area contributed by atoms with Crippen LogP contribution in [0.2, 0.25) is 0 Å². The van der Waals surface area contributed by atoms with Crippen LogP contribution in [0.25, 0.3) is 0 Å². The molecule has 2 atom stereocenters. The number of carbonyl (C=O) groups is 1. The van der Waals surface area contributed by atoms with E-state index in [0.29, 0.717) is 12.8 Å². The maximum absolute atomic E-state index is 11.9. The molecule has 1 fully saturated rings. The molecule has 21 heavy (non-hydrogen) atoms. The number of sulfone groups is 1. The van der Waals surface area contributed by atoms with E-state index in [4.69, 9.17) is 16.3 Å². The van der Waals surface area contributed by atoms with E-state index in [2.05, 4.69) is 5.32 Å². The van der Waals surface area contributed by atoms with E-state index >= 15 is 0 Å². The largest absolute Gasteiger partial charge is 0.497 e. The van der Waals surface area contributed by atoms with Gasteiger partial charge in [-0.05, 0) is 24.1 Å². The third-order valence-electron chi connectivity index (χ3n) is 3.43. The molecule has 0 aromatic heterocycles. The van der Waals surface area contributed by atoms with Gasteiger partial charge in [-0.15, -0.1) is 11.6 Å². The van der Waals surface area contributed by atoms with Crippen LogP contribution in [-0.2, 0) is 21.1 Å². The maximum atomic E-state index is 11.9. The minimum absolute atomic E-state index is 0.0714. The molecule has 116 valence electrons. The maximum Gasteiger partial charge on any atom is 0.220 e. The van der Waals surface area contributed by atoms with Gasteiger partial charge in [-0.25, -0.2) is 8.42 Å². The van der Waals surface area contributed by atoms with Crippen molar-refractivity contribution in [2.24, 2.45) is 0 Å². The molecule has 0 bridgehead atoms. The van der Waals surface area contributed by atoms with Crippen molar-refractivity contribution in [2.75, 3.05) is 18.6 Å². The molecule has 0 radical (unpaired) electrons. The molecule has 7 heteroatoms. The number of carbonyl (C=O) groups excluding carboxylic acids is 1. The van der Waals surface area contributed by atoms with Crippen LogP contribution in [0.1, 0.15) is 12.0 Å². The monoisotopic (exact) mass is 331 g/mol. The van der Waals surface area contributed by atoms with Gasteiger partial charge in [-0.3, -0.25) is 4.79 Å². The molecule has 2 unspecified atom stereocenters. The SMILES string of the molecule is COc1ccc(CCC(=O)NC2CS(=O)(=O)CC2Cl)cc1. The summed E-state index contributed by atoms with van der Waals surface area (Å²) in [6.07, 6.45) is 0.884. The highest BCUT2D eigenvalue weighted by Crippen LogP contribution is 2.18. The number of aryl methyl sites for hydroxylation is 1. The average molecular weight is 332 g/mol. The average Bonchev–Trinajstić information content (AvgIpc) is 2.69. The highest BCUT2D eigenvalue weighted by atomic mass is 35.5. The smallest absolute Gasteiger partial charge is 0.220 e. The zero-order valence-corrected chi connectivity index (χ0v) is 13.3. The number of halogens is 1. The first-order valence-corrected chi connectivity index (χ1v) is 8.92. The normalized spacial score (nSPS) is 23.7. The van der Waals surface area contributed by atoms with Crippen molar-refractivity contribution in [3.05, 3.63) is 29.8 Å². The Labute approximate surface area is 129 Å². The van der Waals surface area contributed by atoms with Crippen LogP contribution in [0.5, 0.6) is 5.75 Å². The quantitative estimate of drug-likeness (QED) is 0.821. The van der Waals surface area contributed by atoms with Gasteiger partial charge < -0.3 is 10.1 Å². The molecule has 5 nitrogen and oxygen atoms in total. The highest BCUT2D eigenvalue weighted by Gasteiger charge is 2.37. The summed E-state index contributed by atoms with van der Waals surface area (Å²) in [7, 11) is -1.53. The Morgan fingerprint density at radius 2 is 2.00 bits per heavy atom. The highest BCUT2D eigenvalue weighted by molar-refractivity contribution is 7.91. The lowest BCUT2D eigenvalue weighted by molar-refractivity contribution is -0.121. The second-order valence-corrected chi connectivity index (χ2v) is 7.83. The second kappa shape index (κ2) is 6.66. The van der Waals surface area contributed by atoms with Gasteiger partial charge in [-0.2, -0.15) is 0 Å². The van der Waals surface area contributed by atoms with Crippen molar-refractivity contribution in [2.45, 2.75) is 24.3 Å². The summed E-state index contributed by atoms with van der Waals surface area (Å²) in [6.45, 7) is 0. The van der Waals surface area contributed by atoms with E-state index in [1.807, 2.05) is 24.3 Å².